The number of piperazine rings is 1. The highest BCUT2D eigenvalue weighted by atomic mass is 35.5. The minimum absolute atomic E-state index is 0.105. The Balaban J connectivity index is 0.755. The number of imide groups is 1. The van der Waals surface area contributed by atoms with Crippen molar-refractivity contribution >= 4 is 68.4 Å². The number of rotatable bonds is 9. The highest BCUT2D eigenvalue weighted by Gasteiger charge is 2.51. The maximum atomic E-state index is 15.2. The summed E-state index contributed by atoms with van der Waals surface area (Å²) in [5, 5.41) is 15.5. The second-order valence-corrected chi connectivity index (χ2v) is 18.0. The second-order valence-electron chi connectivity index (χ2n) is 17.6. The third kappa shape index (κ3) is 7.72. The predicted molar refractivity (Wildman–Crippen MR) is 233 cm³/mol. The lowest BCUT2D eigenvalue weighted by Crippen LogP contribution is -2.49. The standard InChI is InChI=1S/C44H50ClF2N11O4/c1-54-33-10-8-28(20-31(33)36-38(42(54)61)62-24-44(46,47)39(51-36)26-6-7-26)49-40-32(45)21-48-43(52-40)58-18-16-57(17-19-58)22-25-12-14-56(15-13-25)23-27-4-3-5-29-35(53-55(2)37(27)29)30-9-11-34(59)50-41(30)60/h3-5,8,10,20-21,25-26,30,39,51H,6-7,9,11-19,22-24H2,1-2H3,(H,48,49,52)(H,50,59,60)/t30?,39-/m0/s1. The number of likely N-dealkylation sites (tertiary alicyclic amines) is 1. The molecule has 3 aromatic heterocycles. The van der Waals surface area contributed by atoms with Gasteiger partial charge in [-0.15, -0.1) is 0 Å². The zero-order valence-corrected chi connectivity index (χ0v) is 35.6. The fourth-order valence-corrected chi connectivity index (χ4v) is 10.0. The van der Waals surface area contributed by atoms with Crippen LogP contribution in [-0.4, -0.2) is 110 Å². The van der Waals surface area contributed by atoms with Crippen LogP contribution in [0, 0.1) is 11.8 Å². The number of amides is 2. The Hall–Kier alpha value is -5.39. The minimum atomic E-state index is -3.13. The molecule has 2 amide bonds. The molecule has 4 aliphatic heterocycles. The van der Waals surface area contributed by atoms with Crippen molar-refractivity contribution in [3.05, 3.63) is 69.2 Å². The molecule has 1 saturated carbocycles. The van der Waals surface area contributed by atoms with Crippen molar-refractivity contribution in [1.29, 1.82) is 0 Å². The summed E-state index contributed by atoms with van der Waals surface area (Å²) < 4.78 is 39.2. The van der Waals surface area contributed by atoms with E-state index in [0.717, 1.165) is 81.8 Å². The lowest BCUT2D eigenvalue weighted by Gasteiger charge is -2.39. The fraction of sp³-hybridized carbons (Fsp3) is 0.500. The maximum absolute atomic E-state index is 15.2. The van der Waals surface area contributed by atoms with Gasteiger partial charge in [0.05, 0.1) is 40.6 Å². The fourth-order valence-electron chi connectivity index (χ4n) is 9.87. The van der Waals surface area contributed by atoms with Gasteiger partial charge in [-0.05, 0) is 80.8 Å². The van der Waals surface area contributed by atoms with Crippen LogP contribution in [0.25, 0.3) is 21.8 Å². The number of nitrogens with zero attached hydrogens (tertiary/aromatic N) is 8. The van der Waals surface area contributed by atoms with Crippen molar-refractivity contribution < 1.29 is 23.1 Å². The van der Waals surface area contributed by atoms with E-state index in [9.17, 15) is 14.4 Å². The van der Waals surface area contributed by atoms with Crippen LogP contribution >= 0.6 is 11.6 Å². The van der Waals surface area contributed by atoms with Crippen molar-refractivity contribution in [2.45, 2.75) is 63.0 Å². The number of benzene rings is 2. The van der Waals surface area contributed by atoms with Gasteiger partial charge in [-0.2, -0.15) is 10.1 Å². The molecule has 0 radical (unpaired) electrons. The molecule has 15 nitrogen and oxygen atoms in total. The molecule has 4 fully saturated rings. The number of alkyl halides is 2. The molecule has 18 heteroatoms. The summed E-state index contributed by atoms with van der Waals surface area (Å²) in [6, 6.07) is 10.5. The number of anilines is 4. The van der Waals surface area contributed by atoms with Crippen LogP contribution < -0.4 is 31.1 Å². The zero-order chi connectivity index (χ0) is 42.9. The van der Waals surface area contributed by atoms with E-state index in [1.165, 1.54) is 10.1 Å². The molecule has 326 valence electrons. The van der Waals surface area contributed by atoms with Gasteiger partial charge in [0.25, 0.3) is 5.56 Å². The first-order valence-electron chi connectivity index (χ1n) is 21.6. The molecule has 1 unspecified atom stereocenters. The van der Waals surface area contributed by atoms with E-state index in [1.54, 1.807) is 25.4 Å². The molecule has 3 N–H and O–H groups in total. The number of hydrogen-bond donors (Lipinski definition) is 3. The molecule has 0 bridgehead atoms. The first-order valence-corrected chi connectivity index (χ1v) is 22.0. The number of hydrogen-bond acceptors (Lipinski definition) is 12. The molecule has 10 rings (SSSR count). The van der Waals surface area contributed by atoms with Crippen molar-refractivity contribution in [3.8, 4) is 5.75 Å². The van der Waals surface area contributed by atoms with Gasteiger partial charge < -0.3 is 24.8 Å². The SMILES string of the molecule is Cn1nc(C2CCC(=O)NC2=O)c2cccc(CN3CCC(CN4CCN(c5ncc(Cl)c(Nc6ccc7c(c6)c6c(c(=O)n7C)OCC(F)(F)[C@H](C7CC7)N6)n5)CC4)CC3)c21. The lowest BCUT2D eigenvalue weighted by atomic mass is 9.92. The largest absolute Gasteiger partial charge is 0.480 e. The summed E-state index contributed by atoms with van der Waals surface area (Å²) in [5.74, 6) is -2.74. The Morgan fingerprint density at radius 1 is 0.952 bits per heavy atom. The van der Waals surface area contributed by atoms with E-state index >= 15 is 8.78 Å². The van der Waals surface area contributed by atoms with Crippen LogP contribution in [0.1, 0.15) is 55.7 Å². The van der Waals surface area contributed by atoms with Crippen molar-refractivity contribution in [2.75, 3.05) is 68.0 Å². The molecule has 7 heterocycles. The zero-order valence-electron chi connectivity index (χ0n) is 34.8. The van der Waals surface area contributed by atoms with E-state index in [2.05, 4.69) is 41.7 Å². The summed E-state index contributed by atoms with van der Waals surface area (Å²) in [4.78, 5) is 54.3. The van der Waals surface area contributed by atoms with E-state index in [0.29, 0.717) is 65.0 Å². The van der Waals surface area contributed by atoms with Gasteiger partial charge in [-0.3, -0.25) is 34.2 Å². The van der Waals surface area contributed by atoms with Crippen LogP contribution in [0.3, 0.4) is 0 Å². The van der Waals surface area contributed by atoms with Gasteiger partial charge in [0, 0.05) is 76.2 Å². The molecular formula is C44H50ClF2N11O4. The van der Waals surface area contributed by atoms with E-state index < -0.39 is 30.0 Å². The van der Waals surface area contributed by atoms with Crippen molar-refractivity contribution in [3.63, 3.8) is 0 Å². The number of carbonyl (C=O) groups excluding carboxylic acids is 2. The van der Waals surface area contributed by atoms with Crippen LogP contribution in [0.4, 0.5) is 31.9 Å². The van der Waals surface area contributed by atoms with Crippen molar-refractivity contribution in [2.24, 2.45) is 25.9 Å². The lowest BCUT2D eigenvalue weighted by molar-refractivity contribution is -0.134. The topological polar surface area (TPSA) is 155 Å². The maximum Gasteiger partial charge on any atom is 0.301 e. The normalized spacial score (nSPS) is 22.6. The number of fused-ring (bicyclic) bond motifs is 4. The van der Waals surface area contributed by atoms with E-state index in [-0.39, 0.29) is 29.2 Å². The van der Waals surface area contributed by atoms with E-state index in [4.69, 9.17) is 26.4 Å². The average Bonchev–Trinajstić information content (AvgIpc) is 4.06. The van der Waals surface area contributed by atoms with Crippen LogP contribution in [0.5, 0.6) is 5.75 Å². The van der Waals surface area contributed by atoms with E-state index in [1.807, 2.05) is 29.9 Å². The summed E-state index contributed by atoms with van der Waals surface area (Å²) >= 11 is 6.63. The quantitative estimate of drug-likeness (QED) is 0.163. The Labute approximate surface area is 361 Å². The minimum Gasteiger partial charge on any atom is -0.480 e. The Morgan fingerprint density at radius 2 is 1.74 bits per heavy atom. The molecule has 1 aliphatic carbocycles. The number of aryl methyl sites for hydroxylation is 2. The average molecular weight is 870 g/mol. The number of ether oxygens (including phenoxy) is 1. The summed E-state index contributed by atoms with van der Waals surface area (Å²) in [7, 11) is 3.54. The van der Waals surface area contributed by atoms with Gasteiger partial charge in [0.15, 0.2) is 12.4 Å². The monoisotopic (exact) mass is 869 g/mol. The highest BCUT2D eigenvalue weighted by Crippen LogP contribution is 2.46. The summed E-state index contributed by atoms with van der Waals surface area (Å²) in [6.07, 6.45) is 6.02. The molecule has 5 aromatic rings. The summed E-state index contributed by atoms with van der Waals surface area (Å²) in [5.41, 5.74) is 3.98. The third-order valence-corrected chi connectivity index (χ3v) is 13.7. The van der Waals surface area contributed by atoms with Crippen LogP contribution in [0.15, 0.2) is 47.4 Å². The Bertz CT molecular complexity index is 2640. The summed E-state index contributed by atoms with van der Waals surface area (Å²) in [6.45, 7) is 6.32. The number of aromatic nitrogens is 5. The number of halogens is 3. The predicted octanol–water partition coefficient (Wildman–Crippen LogP) is 5.38. The Kier molecular flexibility index (Phi) is 10.5. The van der Waals surface area contributed by atoms with Gasteiger partial charge >= 0.3 is 5.92 Å². The smallest absolute Gasteiger partial charge is 0.301 e. The molecule has 2 atom stereocenters. The molecule has 5 aliphatic rings. The van der Waals surface area contributed by atoms with Gasteiger partial charge in [-0.25, -0.2) is 13.8 Å². The highest BCUT2D eigenvalue weighted by molar-refractivity contribution is 6.33. The number of nitrogens with one attached hydrogen (secondary N) is 3. The first kappa shape index (κ1) is 40.7. The molecule has 0 spiro atoms. The number of carbonyl (C=O) groups is 2. The molecule has 62 heavy (non-hydrogen) atoms. The number of piperidine rings is 2. The molecule has 2 aromatic carbocycles. The van der Waals surface area contributed by atoms with Gasteiger partial charge in [-0.1, -0.05) is 29.8 Å². The first-order chi connectivity index (χ1) is 29.9. The second kappa shape index (κ2) is 16.1. The molecular weight excluding hydrogens is 820 g/mol. The number of para-hydroxylation sites is 1. The number of pyridine rings is 1. The van der Waals surface area contributed by atoms with Crippen molar-refractivity contribution in [1.82, 2.24) is 39.4 Å². The third-order valence-electron chi connectivity index (χ3n) is 13.4. The Morgan fingerprint density at radius 3 is 2.50 bits per heavy atom. The molecule has 3 saturated heterocycles. The van der Waals surface area contributed by atoms with Gasteiger partial charge in [0.2, 0.25) is 23.5 Å². The van der Waals surface area contributed by atoms with Crippen LogP contribution in [-0.2, 0) is 30.2 Å². The van der Waals surface area contributed by atoms with Crippen LogP contribution in [0.2, 0.25) is 5.02 Å². The van der Waals surface area contributed by atoms with Gasteiger partial charge in [0.1, 0.15) is 5.02 Å².